The molecule has 0 saturated carbocycles. The Bertz CT molecular complexity index is 279. The van der Waals surface area contributed by atoms with E-state index in [-0.39, 0.29) is 0 Å². The molecule has 5 heteroatoms. The van der Waals surface area contributed by atoms with Gasteiger partial charge in [-0.15, -0.1) is 0 Å². The zero-order valence-corrected chi connectivity index (χ0v) is 7.73. The minimum absolute atomic E-state index is 0.331. The maximum absolute atomic E-state index is 5.65. The second-order valence-electron chi connectivity index (χ2n) is 3.41. The smallest absolute Gasteiger partial charge is 0.226 e. The summed E-state index contributed by atoms with van der Waals surface area (Å²) in [4.78, 5) is 6.42. The molecule has 1 saturated heterocycles. The lowest BCUT2D eigenvalue weighted by molar-refractivity contribution is 0.137. The molecule has 0 unspecified atom stereocenters. The van der Waals surface area contributed by atoms with Crippen molar-refractivity contribution in [2.75, 3.05) is 13.1 Å². The van der Waals surface area contributed by atoms with E-state index in [1.165, 1.54) is 0 Å². The van der Waals surface area contributed by atoms with E-state index in [0.717, 1.165) is 31.9 Å². The van der Waals surface area contributed by atoms with Crippen molar-refractivity contribution in [3.05, 3.63) is 11.7 Å². The zero-order valence-electron chi connectivity index (χ0n) is 7.73. The first-order valence-electron chi connectivity index (χ1n) is 4.57. The van der Waals surface area contributed by atoms with E-state index < -0.39 is 0 Å². The highest BCUT2D eigenvalue weighted by atomic mass is 16.5. The van der Waals surface area contributed by atoms with Crippen molar-refractivity contribution >= 4 is 0 Å². The van der Waals surface area contributed by atoms with Gasteiger partial charge in [-0.25, -0.2) is 0 Å². The zero-order chi connectivity index (χ0) is 9.26. The average Bonchev–Trinajstić information content (AvgIpc) is 2.50. The largest absolute Gasteiger partial charge is 0.339 e. The third-order valence-corrected chi connectivity index (χ3v) is 2.16. The van der Waals surface area contributed by atoms with Gasteiger partial charge in [-0.2, -0.15) is 4.98 Å². The molecule has 0 bridgehead atoms. The van der Waals surface area contributed by atoms with Crippen molar-refractivity contribution < 1.29 is 4.52 Å². The van der Waals surface area contributed by atoms with Gasteiger partial charge in [0.05, 0.1) is 6.54 Å². The van der Waals surface area contributed by atoms with Crippen LogP contribution in [0.2, 0.25) is 0 Å². The standard InChI is InChI=1S/C8H14N4O/c1-2-8-10-7(11-13-8)5-12-3-6(9)4-12/h6H,2-5,9H2,1H3. The Morgan fingerprint density at radius 2 is 2.38 bits per heavy atom. The van der Waals surface area contributed by atoms with Gasteiger partial charge in [-0.1, -0.05) is 12.1 Å². The summed E-state index contributed by atoms with van der Waals surface area (Å²) in [5.74, 6) is 1.48. The molecule has 1 aliphatic rings. The van der Waals surface area contributed by atoms with Crippen molar-refractivity contribution in [2.45, 2.75) is 25.9 Å². The Labute approximate surface area is 76.9 Å². The van der Waals surface area contributed by atoms with Crippen LogP contribution < -0.4 is 5.73 Å². The van der Waals surface area contributed by atoms with E-state index in [2.05, 4.69) is 15.0 Å². The predicted molar refractivity (Wildman–Crippen MR) is 46.9 cm³/mol. The number of aryl methyl sites for hydroxylation is 1. The van der Waals surface area contributed by atoms with Crippen LogP contribution in [0, 0.1) is 0 Å². The van der Waals surface area contributed by atoms with Gasteiger partial charge in [0.15, 0.2) is 5.82 Å². The summed E-state index contributed by atoms with van der Waals surface area (Å²) in [6.07, 6.45) is 0.798. The predicted octanol–water partition coefficient (Wildman–Crippen LogP) is -0.225. The number of rotatable bonds is 3. The van der Waals surface area contributed by atoms with E-state index in [9.17, 15) is 0 Å². The topological polar surface area (TPSA) is 68.2 Å². The summed E-state index contributed by atoms with van der Waals surface area (Å²) in [5.41, 5.74) is 5.65. The van der Waals surface area contributed by atoms with E-state index >= 15 is 0 Å². The lowest BCUT2D eigenvalue weighted by Gasteiger charge is -2.35. The molecule has 0 aromatic carbocycles. The molecule has 2 rings (SSSR count). The van der Waals surface area contributed by atoms with Crippen LogP contribution in [0.5, 0.6) is 0 Å². The first-order chi connectivity index (χ1) is 6.28. The van der Waals surface area contributed by atoms with Gasteiger partial charge >= 0.3 is 0 Å². The molecule has 1 aromatic heterocycles. The Kier molecular flexibility index (Phi) is 2.28. The van der Waals surface area contributed by atoms with Crippen molar-refractivity contribution in [3.63, 3.8) is 0 Å². The van der Waals surface area contributed by atoms with Crippen LogP contribution in [0.25, 0.3) is 0 Å². The lowest BCUT2D eigenvalue weighted by atomic mass is 10.1. The normalized spacial score (nSPS) is 18.9. The van der Waals surface area contributed by atoms with E-state index in [0.29, 0.717) is 11.9 Å². The fraction of sp³-hybridized carbons (Fsp3) is 0.750. The summed E-state index contributed by atoms with van der Waals surface area (Å²) >= 11 is 0. The second kappa shape index (κ2) is 3.43. The number of nitrogens with two attached hydrogens (primary N) is 1. The molecule has 72 valence electrons. The molecule has 1 fully saturated rings. The summed E-state index contributed by atoms with van der Waals surface area (Å²) in [6, 6.07) is 0.331. The van der Waals surface area contributed by atoms with Crippen molar-refractivity contribution in [3.8, 4) is 0 Å². The summed E-state index contributed by atoms with van der Waals surface area (Å²) in [7, 11) is 0. The Morgan fingerprint density at radius 3 is 2.92 bits per heavy atom. The fourth-order valence-corrected chi connectivity index (χ4v) is 1.44. The third-order valence-electron chi connectivity index (χ3n) is 2.16. The van der Waals surface area contributed by atoms with E-state index in [1.54, 1.807) is 0 Å². The molecule has 2 N–H and O–H groups in total. The quantitative estimate of drug-likeness (QED) is 0.699. The molecule has 13 heavy (non-hydrogen) atoms. The number of hydrogen-bond acceptors (Lipinski definition) is 5. The molecule has 0 aliphatic carbocycles. The lowest BCUT2D eigenvalue weighted by Crippen LogP contribution is -2.55. The Morgan fingerprint density at radius 1 is 1.62 bits per heavy atom. The molecule has 1 aliphatic heterocycles. The van der Waals surface area contributed by atoms with Gasteiger partial charge in [0.1, 0.15) is 0 Å². The van der Waals surface area contributed by atoms with Crippen LogP contribution in [0.15, 0.2) is 4.52 Å². The van der Waals surface area contributed by atoms with E-state index in [4.69, 9.17) is 10.3 Å². The molecular weight excluding hydrogens is 168 g/mol. The number of nitrogens with zero attached hydrogens (tertiary/aromatic N) is 3. The monoisotopic (exact) mass is 182 g/mol. The number of aromatic nitrogens is 2. The molecule has 0 atom stereocenters. The third kappa shape index (κ3) is 1.87. The summed E-state index contributed by atoms with van der Waals surface area (Å²) in [6.45, 7) is 4.64. The maximum atomic E-state index is 5.65. The van der Waals surface area contributed by atoms with Crippen molar-refractivity contribution in [1.29, 1.82) is 0 Å². The van der Waals surface area contributed by atoms with Gasteiger partial charge in [0.2, 0.25) is 5.89 Å². The maximum Gasteiger partial charge on any atom is 0.226 e. The van der Waals surface area contributed by atoms with Crippen LogP contribution in [0.3, 0.4) is 0 Å². The molecular formula is C8H14N4O. The number of likely N-dealkylation sites (tertiary alicyclic amines) is 1. The van der Waals surface area contributed by atoms with E-state index in [1.807, 2.05) is 6.92 Å². The first kappa shape index (κ1) is 8.65. The van der Waals surface area contributed by atoms with Gasteiger partial charge in [-0.05, 0) is 0 Å². The SMILES string of the molecule is CCc1nc(CN2CC(N)C2)no1. The van der Waals surface area contributed by atoms with Gasteiger partial charge in [0, 0.05) is 25.6 Å². The van der Waals surface area contributed by atoms with Crippen LogP contribution in [0.1, 0.15) is 18.6 Å². The van der Waals surface area contributed by atoms with Gasteiger partial charge in [-0.3, -0.25) is 4.90 Å². The van der Waals surface area contributed by atoms with Crippen molar-refractivity contribution in [1.82, 2.24) is 15.0 Å². The molecule has 2 heterocycles. The molecule has 0 radical (unpaired) electrons. The molecule has 0 amide bonds. The highest BCUT2D eigenvalue weighted by Gasteiger charge is 2.24. The Balaban J connectivity index is 1.87. The highest BCUT2D eigenvalue weighted by molar-refractivity contribution is 4.90. The number of hydrogen-bond donors (Lipinski definition) is 1. The van der Waals surface area contributed by atoms with Crippen LogP contribution in [-0.4, -0.2) is 34.2 Å². The summed E-state index contributed by atoms with van der Waals surface area (Å²) in [5, 5.41) is 3.87. The highest BCUT2D eigenvalue weighted by Crippen LogP contribution is 2.09. The van der Waals surface area contributed by atoms with Crippen LogP contribution >= 0.6 is 0 Å². The minimum atomic E-state index is 0.331. The molecule has 1 aromatic rings. The molecule has 5 nitrogen and oxygen atoms in total. The minimum Gasteiger partial charge on any atom is -0.339 e. The second-order valence-corrected chi connectivity index (χ2v) is 3.41. The fourth-order valence-electron chi connectivity index (χ4n) is 1.44. The average molecular weight is 182 g/mol. The van der Waals surface area contributed by atoms with Gasteiger partial charge in [0.25, 0.3) is 0 Å². The van der Waals surface area contributed by atoms with Crippen LogP contribution in [0.4, 0.5) is 0 Å². The molecule has 0 spiro atoms. The summed E-state index contributed by atoms with van der Waals surface area (Å²) < 4.78 is 4.99. The van der Waals surface area contributed by atoms with Crippen molar-refractivity contribution in [2.24, 2.45) is 5.73 Å². The first-order valence-corrected chi connectivity index (χ1v) is 4.57. The van der Waals surface area contributed by atoms with Gasteiger partial charge < -0.3 is 10.3 Å². The Hall–Kier alpha value is -0.940. The van der Waals surface area contributed by atoms with Crippen LogP contribution in [-0.2, 0) is 13.0 Å².